The van der Waals surface area contributed by atoms with E-state index in [0.29, 0.717) is 32.7 Å². The minimum absolute atomic E-state index is 0.423. The summed E-state index contributed by atoms with van der Waals surface area (Å²) in [5, 5.41) is 19.4. The van der Waals surface area contributed by atoms with E-state index in [1.165, 1.54) is 23.5 Å². The Bertz CT molecular complexity index is 1550. The molecule has 4 aromatic rings. The second-order valence-electron chi connectivity index (χ2n) is 10.5. The molecule has 2 N–H and O–H groups in total. The zero-order valence-electron chi connectivity index (χ0n) is 24.0. The van der Waals surface area contributed by atoms with Crippen LogP contribution in [0.25, 0.3) is 20.7 Å². The van der Waals surface area contributed by atoms with Crippen molar-refractivity contribution >= 4 is 67.5 Å². The summed E-state index contributed by atoms with van der Waals surface area (Å²) in [5.74, 6) is 0.500. The van der Waals surface area contributed by atoms with Crippen LogP contribution in [-0.2, 0) is 6.54 Å². The molecule has 2 fully saturated rings. The van der Waals surface area contributed by atoms with Crippen LogP contribution in [0.15, 0.2) is 35.8 Å². The zero-order chi connectivity index (χ0) is 29.6. The Labute approximate surface area is 265 Å². The van der Waals surface area contributed by atoms with E-state index in [4.69, 9.17) is 27.9 Å². The van der Waals surface area contributed by atoms with Crippen molar-refractivity contribution < 1.29 is 4.74 Å². The van der Waals surface area contributed by atoms with E-state index >= 15 is 0 Å². The van der Waals surface area contributed by atoms with E-state index in [1.54, 1.807) is 48.1 Å². The van der Waals surface area contributed by atoms with Crippen molar-refractivity contribution in [3.63, 3.8) is 0 Å². The van der Waals surface area contributed by atoms with E-state index in [-0.39, 0.29) is 0 Å². The Kier molecular flexibility index (Phi) is 10.6. The Balaban J connectivity index is 0.000000442. The highest BCUT2D eigenvalue weighted by Gasteiger charge is 2.18. The molecule has 0 amide bonds. The van der Waals surface area contributed by atoms with Crippen molar-refractivity contribution in [2.75, 3.05) is 78.9 Å². The van der Waals surface area contributed by atoms with Gasteiger partial charge in [0.25, 0.3) is 0 Å². The van der Waals surface area contributed by atoms with Crippen LogP contribution < -0.4 is 15.4 Å². The highest BCUT2D eigenvalue weighted by atomic mass is 35.5. The number of halogens is 2. The predicted molar refractivity (Wildman–Crippen MR) is 177 cm³/mol. The fraction of sp³-hybridized carbons (Fsp3) is 0.400. The molecule has 0 spiro atoms. The van der Waals surface area contributed by atoms with Crippen LogP contribution in [0.4, 0.5) is 11.4 Å². The maximum Gasteiger partial charge on any atom is 0.139 e. The van der Waals surface area contributed by atoms with Crippen molar-refractivity contribution in [2.45, 2.75) is 6.54 Å². The summed E-state index contributed by atoms with van der Waals surface area (Å²) in [5.41, 5.74) is 3.73. The second kappa shape index (κ2) is 14.3. The molecule has 0 radical (unpaired) electrons. The number of rotatable bonds is 6. The third kappa shape index (κ3) is 7.54. The van der Waals surface area contributed by atoms with Gasteiger partial charge in [-0.3, -0.25) is 9.88 Å². The topological polar surface area (TPSA) is 79.7 Å². The lowest BCUT2D eigenvalue weighted by Crippen LogP contribution is -2.43. The summed E-state index contributed by atoms with van der Waals surface area (Å²) in [4.78, 5) is 14.2. The highest BCUT2D eigenvalue weighted by molar-refractivity contribution is 7.23. The molecule has 222 valence electrons. The van der Waals surface area contributed by atoms with Crippen molar-refractivity contribution in [2.24, 2.45) is 0 Å². The number of likely N-dealkylation sites (N-methyl/N-ethyl adjacent to an activating group) is 2. The number of nitrogens with zero attached hydrogens (tertiary/aromatic N) is 5. The van der Waals surface area contributed by atoms with E-state index < -0.39 is 0 Å². The number of anilines is 2. The molecular weight excluding hydrogens is 609 g/mol. The Morgan fingerprint density at radius 1 is 1.02 bits per heavy atom. The number of thiophene rings is 2. The number of ether oxygens (including phenoxy) is 1. The first-order chi connectivity index (χ1) is 20.3. The lowest BCUT2D eigenvalue weighted by Gasteiger charge is -2.31. The van der Waals surface area contributed by atoms with Crippen LogP contribution in [-0.4, -0.2) is 93.2 Å². The number of nitrogens with one attached hydrogen (secondary N) is 2. The molecule has 2 aliphatic rings. The van der Waals surface area contributed by atoms with Gasteiger partial charge in [0.2, 0.25) is 0 Å². The summed E-state index contributed by atoms with van der Waals surface area (Å²) in [6.45, 7) is 10.1. The van der Waals surface area contributed by atoms with Crippen LogP contribution in [0, 0.1) is 11.3 Å². The lowest BCUT2D eigenvalue weighted by atomic mass is 10.2. The molecule has 5 heterocycles. The van der Waals surface area contributed by atoms with Gasteiger partial charge in [0.15, 0.2) is 0 Å². The molecule has 3 aromatic heterocycles. The van der Waals surface area contributed by atoms with Crippen LogP contribution >= 0.6 is 45.9 Å². The van der Waals surface area contributed by atoms with Gasteiger partial charge in [-0.15, -0.1) is 22.7 Å². The van der Waals surface area contributed by atoms with Crippen molar-refractivity contribution in [1.82, 2.24) is 25.0 Å². The fourth-order valence-corrected chi connectivity index (χ4v) is 7.45. The van der Waals surface area contributed by atoms with Gasteiger partial charge < -0.3 is 25.2 Å². The monoisotopic (exact) mass is 643 g/mol. The number of piperazine rings is 2. The minimum Gasteiger partial charge on any atom is -0.495 e. The first-order valence-corrected chi connectivity index (χ1v) is 16.3. The number of pyridine rings is 1. The molecule has 1 aromatic carbocycles. The molecule has 0 atom stereocenters. The van der Waals surface area contributed by atoms with Gasteiger partial charge in [-0.25, -0.2) is 0 Å². The third-order valence-corrected chi connectivity index (χ3v) is 10.1. The first-order valence-electron chi connectivity index (χ1n) is 13.8. The van der Waals surface area contributed by atoms with Crippen LogP contribution in [0.5, 0.6) is 5.75 Å². The Hall–Kier alpha value is -2.46. The van der Waals surface area contributed by atoms with Crippen molar-refractivity contribution in [1.29, 1.82) is 5.26 Å². The maximum atomic E-state index is 9.76. The quantitative estimate of drug-likeness (QED) is 0.256. The van der Waals surface area contributed by atoms with Crippen molar-refractivity contribution in [3.8, 4) is 22.3 Å². The van der Waals surface area contributed by atoms with Gasteiger partial charge in [-0.2, -0.15) is 5.26 Å². The van der Waals surface area contributed by atoms with Crippen LogP contribution in [0.3, 0.4) is 0 Å². The minimum atomic E-state index is 0.423. The van der Waals surface area contributed by atoms with Gasteiger partial charge in [0.1, 0.15) is 11.8 Å². The van der Waals surface area contributed by atoms with Gasteiger partial charge in [0.05, 0.1) is 44.3 Å². The highest BCUT2D eigenvalue weighted by Crippen LogP contribution is 2.42. The number of aromatic nitrogens is 1. The molecule has 8 nitrogen and oxygen atoms in total. The smallest absolute Gasteiger partial charge is 0.139 e. The van der Waals surface area contributed by atoms with Crippen molar-refractivity contribution in [3.05, 3.63) is 56.3 Å². The third-order valence-electron chi connectivity index (χ3n) is 7.42. The Morgan fingerprint density at radius 2 is 1.76 bits per heavy atom. The molecule has 0 aliphatic carbocycles. The van der Waals surface area contributed by atoms with Gasteiger partial charge in [0, 0.05) is 86.5 Å². The summed E-state index contributed by atoms with van der Waals surface area (Å²) < 4.78 is 6.24. The van der Waals surface area contributed by atoms with Gasteiger partial charge in [-0.05, 0) is 37.7 Å². The standard InChI is InChI=1S/C25H23Cl2N5OS2.C5H12N2/c1-31-3-5-32(6-4-31)13-17-7-15(14-34-17)23-10-21-25(35-23)24(16(11-28)12-29-21)30-20-9-22(33-2)19(27)8-18(20)26;1-7-4-2-6-3-5-7/h7-10,12,14H,3-6,13H2,1-2H3,(H,29,30);6H,2-5H2,1H3. The summed E-state index contributed by atoms with van der Waals surface area (Å²) >= 11 is 16.0. The number of methoxy groups -OCH3 is 1. The average Bonchev–Trinajstić information content (AvgIpc) is 3.64. The molecule has 0 saturated carbocycles. The van der Waals surface area contributed by atoms with Gasteiger partial charge in [-0.1, -0.05) is 23.2 Å². The number of benzene rings is 1. The number of hydrogen-bond acceptors (Lipinski definition) is 10. The van der Waals surface area contributed by atoms with E-state index in [2.05, 4.69) is 68.0 Å². The second-order valence-corrected chi connectivity index (χ2v) is 13.4. The zero-order valence-corrected chi connectivity index (χ0v) is 27.2. The van der Waals surface area contributed by atoms with Gasteiger partial charge >= 0.3 is 0 Å². The fourth-order valence-electron chi connectivity index (χ4n) is 4.84. The number of nitriles is 1. The molecular formula is C30H35Cl2N7OS2. The van der Waals surface area contributed by atoms with E-state index in [1.807, 2.05) is 0 Å². The van der Waals surface area contributed by atoms with Crippen LogP contribution in [0.2, 0.25) is 10.0 Å². The molecule has 6 rings (SSSR count). The number of fused-ring (bicyclic) bond motifs is 1. The molecule has 2 aliphatic heterocycles. The number of hydrogen-bond donors (Lipinski definition) is 2. The molecule has 42 heavy (non-hydrogen) atoms. The Morgan fingerprint density at radius 3 is 2.43 bits per heavy atom. The average molecular weight is 645 g/mol. The normalized spacial score (nSPS) is 16.6. The molecule has 0 unspecified atom stereocenters. The largest absolute Gasteiger partial charge is 0.495 e. The summed E-state index contributed by atoms with van der Waals surface area (Å²) in [6, 6.07) is 9.95. The maximum absolute atomic E-state index is 9.76. The van der Waals surface area contributed by atoms with E-state index in [0.717, 1.165) is 60.9 Å². The predicted octanol–water partition coefficient (Wildman–Crippen LogP) is 6.22. The summed E-state index contributed by atoms with van der Waals surface area (Å²) in [6.07, 6.45) is 1.59. The SMILES string of the molecule is CN1CCNCC1.COc1cc(Nc2c(C#N)cnc3cc(-c4csc(CN5CCN(C)CC5)c4)sc23)c(Cl)cc1Cl. The molecule has 0 bridgehead atoms. The van der Waals surface area contributed by atoms with Crippen LogP contribution in [0.1, 0.15) is 10.4 Å². The summed E-state index contributed by atoms with van der Waals surface area (Å²) in [7, 11) is 5.88. The lowest BCUT2D eigenvalue weighted by molar-refractivity contribution is 0.149. The first kappa shape index (κ1) is 31.0. The molecule has 2 saturated heterocycles. The molecule has 12 heteroatoms. The van der Waals surface area contributed by atoms with E-state index in [9.17, 15) is 5.26 Å².